The molecule has 23 heavy (non-hydrogen) atoms. The van der Waals surface area contributed by atoms with Gasteiger partial charge in [0.2, 0.25) is 0 Å². The first-order chi connectivity index (χ1) is 10.9. The van der Waals surface area contributed by atoms with Crippen molar-refractivity contribution in [3.63, 3.8) is 0 Å². The molecule has 6 heteroatoms. The van der Waals surface area contributed by atoms with E-state index in [2.05, 4.69) is 24.5 Å². The summed E-state index contributed by atoms with van der Waals surface area (Å²) in [6.45, 7) is 4.13. The summed E-state index contributed by atoms with van der Waals surface area (Å²) >= 11 is 5.62. The Labute approximate surface area is 138 Å². The third kappa shape index (κ3) is 4.53. The molecule has 0 saturated heterocycles. The predicted octanol–water partition coefficient (Wildman–Crippen LogP) is 4.18. The molecule has 2 N–H and O–H groups in total. The van der Waals surface area contributed by atoms with Crippen molar-refractivity contribution in [3.8, 4) is 0 Å². The number of nitrogens with one attached hydrogen (secondary N) is 2. The molecule has 0 atom stereocenters. The highest BCUT2D eigenvalue weighted by atomic mass is 35.5. The molecule has 0 fully saturated rings. The van der Waals surface area contributed by atoms with Gasteiger partial charge in [0.15, 0.2) is 0 Å². The van der Waals surface area contributed by atoms with Gasteiger partial charge >= 0.3 is 11.8 Å². The average Bonchev–Trinajstić information content (AvgIpc) is 2.51. The van der Waals surface area contributed by atoms with Crippen LogP contribution in [0.2, 0.25) is 5.02 Å². The number of anilines is 2. The van der Waals surface area contributed by atoms with Crippen molar-refractivity contribution in [1.29, 1.82) is 0 Å². The lowest BCUT2D eigenvalue weighted by Gasteiger charge is -2.09. The van der Waals surface area contributed by atoms with E-state index in [0.29, 0.717) is 11.6 Å². The first kappa shape index (κ1) is 17.0. The number of rotatable bonds is 3. The zero-order valence-electron chi connectivity index (χ0n) is 12.7. The van der Waals surface area contributed by atoms with Gasteiger partial charge in [0.25, 0.3) is 0 Å². The van der Waals surface area contributed by atoms with Crippen molar-refractivity contribution in [2.45, 2.75) is 19.8 Å². The van der Waals surface area contributed by atoms with Crippen molar-refractivity contribution >= 4 is 34.8 Å². The molecule has 0 spiro atoms. The molecule has 2 aromatic rings. The second-order valence-corrected chi connectivity index (χ2v) is 5.72. The highest BCUT2D eigenvalue weighted by Crippen LogP contribution is 2.20. The summed E-state index contributed by atoms with van der Waals surface area (Å²) in [5.74, 6) is -1.89. The van der Waals surface area contributed by atoms with Crippen LogP contribution in [0.5, 0.6) is 0 Å². The van der Waals surface area contributed by atoms with Crippen molar-refractivity contribution in [1.82, 2.24) is 0 Å². The Hall–Kier alpha value is -2.40. The van der Waals surface area contributed by atoms with Crippen LogP contribution in [-0.4, -0.2) is 11.8 Å². The number of benzene rings is 2. The lowest BCUT2D eigenvalue weighted by molar-refractivity contribution is -0.132. The van der Waals surface area contributed by atoms with Crippen LogP contribution >= 0.6 is 11.6 Å². The predicted molar refractivity (Wildman–Crippen MR) is 89.2 cm³/mol. The SMILES string of the molecule is CC(C)c1ccc(NC(=O)C(=O)Nc2ccc(F)c(Cl)c2)cc1. The molecule has 0 heterocycles. The van der Waals surface area contributed by atoms with Crippen molar-refractivity contribution < 1.29 is 14.0 Å². The molecule has 0 aliphatic heterocycles. The van der Waals surface area contributed by atoms with Gasteiger partial charge in [-0.1, -0.05) is 37.6 Å². The standard InChI is InChI=1S/C17H16ClFN2O2/c1-10(2)11-3-5-12(6-4-11)20-16(22)17(23)21-13-7-8-15(19)14(18)9-13/h3-10H,1-2H3,(H,20,22)(H,21,23). The number of carbonyl (C=O) groups excluding carboxylic acids is 2. The van der Waals surface area contributed by atoms with Crippen molar-refractivity contribution in [2.75, 3.05) is 10.6 Å². The van der Waals surface area contributed by atoms with Crippen LogP contribution in [0.25, 0.3) is 0 Å². The van der Waals surface area contributed by atoms with Gasteiger partial charge in [0, 0.05) is 11.4 Å². The minimum atomic E-state index is -0.861. The monoisotopic (exact) mass is 334 g/mol. The molecule has 0 aromatic heterocycles. The molecule has 0 aliphatic rings. The lowest BCUT2D eigenvalue weighted by atomic mass is 10.0. The van der Waals surface area contributed by atoms with Gasteiger partial charge in [-0.3, -0.25) is 9.59 Å². The van der Waals surface area contributed by atoms with Gasteiger partial charge in [-0.2, -0.15) is 0 Å². The van der Waals surface area contributed by atoms with Crippen LogP contribution in [0.1, 0.15) is 25.3 Å². The van der Waals surface area contributed by atoms with Gasteiger partial charge in [0.05, 0.1) is 5.02 Å². The number of amides is 2. The van der Waals surface area contributed by atoms with Crippen molar-refractivity contribution in [3.05, 3.63) is 58.9 Å². The van der Waals surface area contributed by atoms with E-state index >= 15 is 0 Å². The molecule has 0 aliphatic carbocycles. The van der Waals surface area contributed by atoms with Crippen LogP contribution in [0.3, 0.4) is 0 Å². The Morgan fingerprint density at radius 1 is 0.957 bits per heavy atom. The van der Waals surface area contributed by atoms with Gasteiger partial charge in [-0.15, -0.1) is 0 Å². The van der Waals surface area contributed by atoms with Crippen LogP contribution in [0.15, 0.2) is 42.5 Å². The summed E-state index contributed by atoms with van der Waals surface area (Å²) in [5, 5.41) is 4.72. The number of hydrogen-bond acceptors (Lipinski definition) is 2. The van der Waals surface area contributed by atoms with Gasteiger partial charge in [-0.25, -0.2) is 4.39 Å². The Kier molecular flexibility index (Phi) is 5.34. The third-order valence-corrected chi connectivity index (χ3v) is 3.51. The molecule has 0 radical (unpaired) electrons. The minimum Gasteiger partial charge on any atom is -0.318 e. The molecular formula is C17H16ClFN2O2. The third-order valence-electron chi connectivity index (χ3n) is 3.22. The van der Waals surface area contributed by atoms with E-state index in [-0.39, 0.29) is 10.7 Å². The number of hydrogen-bond donors (Lipinski definition) is 2. The molecule has 2 rings (SSSR count). The van der Waals surface area contributed by atoms with Crippen LogP contribution < -0.4 is 10.6 Å². The Morgan fingerprint density at radius 2 is 1.48 bits per heavy atom. The van der Waals surface area contributed by atoms with Gasteiger partial charge in [-0.05, 0) is 41.8 Å². The summed E-state index contributed by atoms with van der Waals surface area (Å²) < 4.78 is 13.0. The fourth-order valence-corrected chi connectivity index (χ4v) is 2.08. The van der Waals surface area contributed by atoms with E-state index < -0.39 is 17.6 Å². The molecule has 120 valence electrons. The Balaban J connectivity index is 1.99. The maximum absolute atomic E-state index is 13.0. The minimum absolute atomic E-state index is 0.132. The van der Waals surface area contributed by atoms with E-state index in [0.717, 1.165) is 11.6 Å². The maximum atomic E-state index is 13.0. The Bertz CT molecular complexity index is 730. The van der Waals surface area contributed by atoms with E-state index in [1.165, 1.54) is 12.1 Å². The maximum Gasteiger partial charge on any atom is 0.314 e. The Morgan fingerprint density at radius 3 is 2.00 bits per heavy atom. The van der Waals surface area contributed by atoms with Crippen molar-refractivity contribution in [2.24, 2.45) is 0 Å². The first-order valence-electron chi connectivity index (χ1n) is 7.04. The fourth-order valence-electron chi connectivity index (χ4n) is 1.90. The average molecular weight is 335 g/mol. The molecule has 0 unspecified atom stereocenters. The normalized spacial score (nSPS) is 10.5. The van der Waals surface area contributed by atoms with Crippen LogP contribution in [0, 0.1) is 5.82 Å². The zero-order valence-corrected chi connectivity index (χ0v) is 13.4. The summed E-state index contributed by atoms with van der Waals surface area (Å²) in [7, 11) is 0. The van der Waals surface area contributed by atoms with E-state index in [9.17, 15) is 14.0 Å². The van der Waals surface area contributed by atoms with Crippen LogP contribution in [0.4, 0.5) is 15.8 Å². The highest BCUT2D eigenvalue weighted by molar-refractivity contribution is 6.43. The van der Waals surface area contributed by atoms with E-state index in [1.54, 1.807) is 12.1 Å². The topological polar surface area (TPSA) is 58.2 Å². The smallest absolute Gasteiger partial charge is 0.314 e. The van der Waals surface area contributed by atoms with E-state index in [1.807, 2.05) is 12.1 Å². The molecule has 0 saturated carbocycles. The second-order valence-electron chi connectivity index (χ2n) is 5.31. The lowest BCUT2D eigenvalue weighted by Crippen LogP contribution is -2.29. The molecule has 2 amide bonds. The van der Waals surface area contributed by atoms with Gasteiger partial charge in [0.1, 0.15) is 5.82 Å². The summed E-state index contributed by atoms with van der Waals surface area (Å²) in [4.78, 5) is 23.7. The number of carbonyl (C=O) groups is 2. The fraction of sp³-hybridized carbons (Fsp3) is 0.176. The molecule has 0 bridgehead atoms. The quantitative estimate of drug-likeness (QED) is 0.827. The zero-order chi connectivity index (χ0) is 17.0. The highest BCUT2D eigenvalue weighted by Gasteiger charge is 2.14. The molecule has 2 aromatic carbocycles. The van der Waals surface area contributed by atoms with Crippen LogP contribution in [-0.2, 0) is 9.59 Å². The number of halogens is 2. The summed E-state index contributed by atoms with van der Waals surface area (Å²) in [5.41, 5.74) is 1.90. The molecule has 4 nitrogen and oxygen atoms in total. The summed E-state index contributed by atoms with van der Waals surface area (Å²) in [6.07, 6.45) is 0. The largest absolute Gasteiger partial charge is 0.318 e. The van der Waals surface area contributed by atoms with E-state index in [4.69, 9.17) is 11.6 Å². The first-order valence-corrected chi connectivity index (χ1v) is 7.42. The second kappa shape index (κ2) is 7.24. The molecular weight excluding hydrogens is 319 g/mol. The van der Waals surface area contributed by atoms with Gasteiger partial charge < -0.3 is 10.6 Å². The summed E-state index contributed by atoms with van der Waals surface area (Å²) in [6, 6.07) is 10.9.